The Morgan fingerprint density at radius 1 is 1.30 bits per heavy atom. The van der Waals surface area contributed by atoms with Crippen molar-refractivity contribution in [3.8, 4) is 0 Å². The SMILES string of the molecule is O=C(CCC1CCCCO1)N(CCO)CC1CCCN1. The van der Waals surface area contributed by atoms with Crippen molar-refractivity contribution in [2.75, 3.05) is 32.8 Å². The highest BCUT2D eigenvalue weighted by Crippen LogP contribution is 2.18. The smallest absolute Gasteiger partial charge is 0.222 e. The maximum atomic E-state index is 12.3. The lowest BCUT2D eigenvalue weighted by Crippen LogP contribution is -2.42. The van der Waals surface area contributed by atoms with Gasteiger partial charge in [0.1, 0.15) is 0 Å². The first-order valence-corrected chi connectivity index (χ1v) is 8.03. The summed E-state index contributed by atoms with van der Waals surface area (Å²) in [6.45, 7) is 3.10. The van der Waals surface area contributed by atoms with Crippen molar-refractivity contribution in [1.29, 1.82) is 0 Å². The fourth-order valence-corrected chi connectivity index (χ4v) is 3.09. The second kappa shape index (κ2) is 8.60. The summed E-state index contributed by atoms with van der Waals surface area (Å²) in [6.07, 6.45) is 7.36. The lowest BCUT2D eigenvalue weighted by molar-refractivity contribution is -0.133. The third-order valence-corrected chi connectivity index (χ3v) is 4.28. The number of hydrogen-bond acceptors (Lipinski definition) is 4. The highest BCUT2D eigenvalue weighted by Gasteiger charge is 2.22. The van der Waals surface area contributed by atoms with Crippen LogP contribution in [0.2, 0.25) is 0 Å². The van der Waals surface area contributed by atoms with Gasteiger partial charge in [0.25, 0.3) is 0 Å². The Hall–Kier alpha value is -0.650. The standard InChI is InChI=1S/C15H28N2O3/c18-10-9-17(12-13-4-3-8-16-13)15(19)7-6-14-5-1-2-11-20-14/h13-14,16,18H,1-12H2. The molecular weight excluding hydrogens is 256 g/mol. The van der Waals surface area contributed by atoms with Crippen molar-refractivity contribution >= 4 is 5.91 Å². The number of aliphatic hydroxyl groups excluding tert-OH is 1. The molecule has 2 atom stereocenters. The van der Waals surface area contributed by atoms with Gasteiger partial charge in [-0.05, 0) is 45.1 Å². The van der Waals surface area contributed by atoms with Crippen LogP contribution < -0.4 is 5.32 Å². The minimum Gasteiger partial charge on any atom is -0.395 e. The summed E-state index contributed by atoms with van der Waals surface area (Å²) in [4.78, 5) is 14.1. The summed E-state index contributed by atoms with van der Waals surface area (Å²) in [5.41, 5.74) is 0. The Morgan fingerprint density at radius 2 is 2.20 bits per heavy atom. The number of carbonyl (C=O) groups is 1. The van der Waals surface area contributed by atoms with Gasteiger partial charge < -0.3 is 20.1 Å². The van der Waals surface area contributed by atoms with Gasteiger partial charge >= 0.3 is 0 Å². The summed E-state index contributed by atoms with van der Waals surface area (Å²) < 4.78 is 5.67. The molecule has 2 fully saturated rings. The van der Waals surface area contributed by atoms with Crippen molar-refractivity contribution in [3.05, 3.63) is 0 Å². The van der Waals surface area contributed by atoms with Crippen LogP contribution in [0.4, 0.5) is 0 Å². The second-order valence-electron chi connectivity index (χ2n) is 5.88. The highest BCUT2D eigenvalue weighted by atomic mass is 16.5. The molecule has 0 aromatic rings. The highest BCUT2D eigenvalue weighted by molar-refractivity contribution is 5.76. The van der Waals surface area contributed by atoms with E-state index < -0.39 is 0 Å². The Kier molecular flexibility index (Phi) is 6.76. The second-order valence-corrected chi connectivity index (χ2v) is 5.88. The van der Waals surface area contributed by atoms with Gasteiger partial charge in [-0.25, -0.2) is 0 Å². The molecule has 20 heavy (non-hydrogen) atoms. The van der Waals surface area contributed by atoms with Gasteiger partial charge in [0.15, 0.2) is 0 Å². The van der Waals surface area contributed by atoms with Crippen molar-refractivity contribution in [2.24, 2.45) is 0 Å². The van der Waals surface area contributed by atoms with E-state index in [-0.39, 0.29) is 18.6 Å². The Bertz CT molecular complexity index is 287. The van der Waals surface area contributed by atoms with Crippen LogP contribution in [0, 0.1) is 0 Å². The van der Waals surface area contributed by atoms with Crippen LogP contribution in [0.5, 0.6) is 0 Å². The monoisotopic (exact) mass is 284 g/mol. The van der Waals surface area contributed by atoms with Crippen molar-refractivity contribution in [3.63, 3.8) is 0 Å². The molecule has 0 saturated carbocycles. The molecule has 2 N–H and O–H groups in total. The number of amides is 1. The van der Waals surface area contributed by atoms with Crippen LogP contribution in [-0.4, -0.2) is 60.9 Å². The Balaban J connectivity index is 1.73. The van der Waals surface area contributed by atoms with Crippen molar-refractivity contribution in [2.45, 2.75) is 57.1 Å². The fraction of sp³-hybridized carbons (Fsp3) is 0.933. The maximum Gasteiger partial charge on any atom is 0.222 e. The van der Waals surface area contributed by atoms with Crippen LogP contribution in [0.15, 0.2) is 0 Å². The molecule has 0 spiro atoms. The molecular formula is C15H28N2O3. The van der Waals surface area contributed by atoms with Crippen LogP contribution in [-0.2, 0) is 9.53 Å². The molecule has 2 saturated heterocycles. The molecule has 5 heteroatoms. The topological polar surface area (TPSA) is 61.8 Å². The van der Waals surface area contributed by atoms with E-state index in [1.54, 1.807) is 0 Å². The summed E-state index contributed by atoms with van der Waals surface area (Å²) >= 11 is 0. The van der Waals surface area contributed by atoms with Gasteiger partial charge in [-0.3, -0.25) is 4.79 Å². The molecule has 1 amide bonds. The van der Waals surface area contributed by atoms with E-state index in [9.17, 15) is 4.79 Å². The molecule has 0 aromatic heterocycles. The molecule has 0 bridgehead atoms. The van der Waals surface area contributed by atoms with Crippen LogP contribution in [0.25, 0.3) is 0 Å². The van der Waals surface area contributed by atoms with E-state index >= 15 is 0 Å². The van der Waals surface area contributed by atoms with E-state index in [4.69, 9.17) is 9.84 Å². The largest absolute Gasteiger partial charge is 0.395 e. The number of carbonyl (C=O) groups excluding carboxylic acids is 1. The zero-order valence-electron chi connectivity index (χ0n) is 12.4. The molecule has 116 valence electrons. The van der Waals surface area contributed by atoms with Crippen LogP contribution in [0.3, 0.4) is 0 Å². The summed E-state index contributed by atoms with van der Waals surface area (Å²) in [7, 11) is 0. The average Bonchev–Trinajstić information content (AvgIpc) is 2.98. The molecule has 0 radical (unpaired) electrons. The number of nitrogens with zero attached hydrogens (tertiary/aromatic N) is 1. The first-order valence-electron chi connectivity index (χ1n) is 8.03. The zero-order valence-corrected chi connectivity index (χ0v) is 12.4. The van der Waals surface area contributed by atoms with Crippen LogP contribution >= 0.6 is 0 Å². The predicted octanol–water partition coefficient (Wildman–Crippen LogP) is 0.909. The lowest BCUT2D eigenvalue weighted by Gasteiger charge is -2.27. The number of aliphatic hydroxyl groups is 1. The number of ether oxygens (including phenoxy) is 1. The first kappa shape index (κ1) is 15.7. The van der Waals surface area contributed by atoms with Crippen molar-refractivity contribution < 1.29 is 14.6 Å². The lowest BCUT2D eigenvalue weighted by atomic mass is 10.0. The molecule has 0 aliphatic carbocycles. The molecule has 2 aliphatic rings. The normalized spacial score (nSPS) is 26.6. The van der Waals surface area contributed by atoms with Crippen molar-refractivity contribution in [1.82, 2.24) is 10.2 Å². The van der Waals surface area contributed by atoms with Crippen LogP contribution in [0.1, 0.15) is 44.9 Å². The third kappa shape index (κ3) is 5.04. The third-order valence-electron chi connectivity index (χ3n) is 4.28. The first-order chi connectivity index (χ1) is 9.79. The zero-order chi connectivity index (χ0) is 14.2. The fourth-order valence-electron chi connectivity index (χ4n) is 3.09. The van der Waals surface area contributed by atoms with E-state index in [1.165, 1.54) is 12.8 Å². The number of hydrogen-bond donors (Lipinski definition) is 2. The number of rotatable bonds is 7. The maximum absolute atomic E-state index is 12.3. The molecule has 2 heterocycles. The minimum absolute atomic E-state index is 0.0401. The summed E-state index contributed by atoms with van der Waals surface area (Å²) in [5.74, 6) is 0.155. The molecule has 2 aliphatic heterocycles. The number of nitrogens with one attached hydrogen (secondary N) is 1. The Labute approximate surface area is 121 Å². The van der Waals surface area contributed by atoms with Gasteiger partial charge in [-0.1, -0.05) is 0 Å². The molecule has 0 aromatic carbocycles. The van der Waals surface area contributed by atoms with E-state index in [2.05, 4.69) is 5.32 Å². The quantitative estimate of drug-likeness (QED) is 0.729. The predicted molar refractivity (Wildman–Crippen MR) is 77.5 cm³/mol. The van der Waals surface area contributed by atoms with Gasteiger partial charge in [0, 0.05) is 32.2 Å². The van der Waals surface area contributed by atoms with Gasteiger partial charge in [0.2, 0.25) is 5.91 Å². The van der Waals surface area contributed by atoms with E-state index in [0.29, 0.717) is 19.0 Å². The van der Waals surface area contributed by atoms with Gasteiger partial charge in [0.05, 0.1) is 12.7 Å². The summed E-state index contributed by atoms with van der Waals surface area (Å²) in [6, 6.07) is 0.399. The Morgan fingerprint density at radius 3 is 2.85 bits per heavy atom. The van der Waals surface area contributed by atoms with E-state index in [1.807, 2.05) is 4.90 Å². The van der Waals surface area contributed by atoms with E-state index in [0.717, 1.165) is 45.4 Å². The average molecular weight is 284 g/mol. The molecule has 5 nitrogen and oxygen atoms in total. The van der Waals surface area contributed by atoms with Gasteiger partial charge in [-0.15, -0.1) is 0 Å². The molecule has 2 rings (SSSR count). The minimum atomic E-state index is 0.0401. The van der Waals surface area contributed by atoms with Gasteiger partial charge in [-0.2, -0.15) is 0 Å². The summed E-state index contributed by atoms with van der Waals surface area (Å²) in [5, 5.41) is 12.5. The molecule has 2 unspecified atom stereocenters.